The second-order valence-electron chi connectivity index (χ2n) is 2.93. The molecule has 0 aliphatic heterocycles. The summed E-state index contributed by atoms with van der Waals surface area (Å²) in [5, 5.41) is 0. The van der Waals surface area contributed by atoms with Crippen LogP contribution in [0.5, 0.6) is 0 Å². The van der Waals surface area contributed by atoms with Crippen LogP contribution in [0, 0.1) is 6.92 Å². The van der Waals surface area contributed by atoms with Crippen LogP contribution >= 0.6 is 0 Å². The van der Waals surface area contributed by atoms with E-state index in [1.807, 2.05) is 33.9 Å². The molecule has 0 fully saturated rings. The molecule has 1 nitrogen and oxygen atoms in total. The first-order chi connectivity index (χ1) is 6.70. The van der Waals surface area contributed by atoms with E-state index in [2.05, 4.69) is 36.4 Å². The highest BCUT2D eigenvalue weighted by Gasteiger charge is 2.03. The van der Waals surface area contributed by atoms with Gasteiger partial charge in [-0.1, -0.05) is 32.6 Å². The van der Waals surface area contributed by atoms with Crippen molar-refractivity contribution < 1.29 is 0 Å². The molecule has 1 heteroatoms. The van der Waals surface area contributed by atoms with E-state index in [4.69, 9.17) is 0 Å². The Kier molecular flexibility index (Phi) is 5.70. The minimum Gasteiger partial charge on any atom is -0.350 e. The third kappa shape index (κ3) is 2.63. The first kappa shape index (κ1) is 12.8. The van der Waals surface area contributed by atoms with Crippen LogP contribution in [-0.2, 0) is 7.05 Å². The number of hydrogen-bond acceptors (Lipinski definition) is 0. The Balaban J connectivity index is 0.000000791. The molecule has 0 saturated heterocycles. The van der Waals surface area contributed by atoms with Gasteiger partial charge in [0, 0.05) is 24.5 Å². The molecule has 0 amide bonds. The van der Waals surface area contributed by atoms with Crippen molar-refractivity contribution in [2.75, 3.05) is 0 Å². The number of nitrogens with zero attached hydrogens (tertiary/aromatic N) is 1. The highest BCUT2D eigenvalue weighted by Crippen LogP contribution is 2.18. The SMILES string of the molecule is C=Cc1c(/C=C\C)c(C)cn1C.CC. The molecule has 1 aromatic rings. The molecule has 78 valence electrons. The average Bonchev–Trinajstić information content (AvgIpc) is 2.45. The quantitative estimate of drug-likeness (QED) is 0.665. The zero-order valence-corrected chi connectivity index (χ0v) is 9.96. The maximum absolute atomic E-state index is 3.79. The van der Waals surface area contributed by atoms with Gasteiger partial charge in [0.25, 0.3) is 0 Å². The molecular formula is C13H21N. The van der Waals surface area contributed by atoms with E-state index < -0.39 is 0 Å². The lowest BCUT2D eigenvalue weighted by molar-refractivity contribution is 0.911. The maximum Gasteiger partial charge on any atom is 0.0474 e. The Hall–Kier alpha value is -1.24. The van der Waals surface area contributed by atoms with Gasteiger partial charge in [-0.25, -0.2) is 0 Å². The normalized spacial score (nSPS) is 9.79. The van der Waals surface area contributed by atoms with Gasteiger partial charge in [-0.05, 0) is 25.5 Å². The van der Waals surface area contributed by atoms with Crippen LogP contribution in [0.2, 0.25) is 0 Å². The molecule has 0 aliphatic carbocycles. The molecule has 0 N–H and O–H groups in total. The molecule has 1 heterocycles. The molecule has 0 spiro atoms. The molecule has 1 aromatic heterocycles. The molecule has 0 bridgehead atoms. The van der Waals surface area contributed by atoms with Crippen molar-refractivity contribution in [3.8, 4) is 0 Å². The van der Waals surface area contributed by atoms with Gasteiger partial charge in [0.05, 0.1) is 0 Å². The minimum absolute atomic E-state index is 1.19. The number of allylic oxidation sites excluding steroid dienone is 1. The van der Waals surface area contributed by atoms with E-state index in [9.17, 15) is 0 Å². The van der Waals surface area contributed by atoms with E-state index in [0.717, 1.165) is 0 Å². The van der Waals surface area contributed by atoms with Crippen LogP contribution in [-0.4, -0.2) is 4.57 Å². The summed E-state index contributed by atoms with van der Waals surface area (Å²) >= 11 is 0. The molecule has 0 unspecified atom stereocenters. The predicted octanol–water partition coefficient (Wildman–Crippen LogP) is 4.04. The Morgan fingerprint density at radius 1 is 1.36 bits per heavy atom. The van der Waals surface area contributed by atoms with E-state index in [-0.39, 0.29) is 0 Å². The van der Waals surface area contributed by atoms with Crippen LogP contribution in [0.25, 0.3) is 12.2 Å². The monoisotopic (exact) mass is 191 g/mol. The van der Waals surface area contributed by atoms with Crippen LogP contribution in [0.3, 0.4) is 0 Å². The second kappa shape index (κ2) is 6.25. The smallest absolute Gasteiger partial charge is 0.0474 e. The van der Waals surface area contributed by atoms with E-state index in [1.165, 1.54) is 16.8 Å². The molecule has 0 radical (unpaired) electrons. The van der Waals surface area contributed by atoms with Crippen molar-refractivity contribution in [2.45, 2.75) is 27.7 Å². The van der Waals surface area contributed by atoms with Crippen LogP contribution < -0.4 is 0 Å². The maximum atomic E-state index is 3.79. The fourth-order valence-corrected chi connectivity index (χ4v) is 1.46. The number of hydrogen-bond donors (Lipinski definition) is 0. The summed E-state index contributed by atoms with van der Waals surface area (Å²) in [6, 6.07) is 0. The van der Waals surface area contributed by atoms with Gasteiger partial charge < -0.3 is 4.57 Å². The first-order valence-corrected chi connectivity index (χ1v) is 5.11. The van der Waals surface area contributed by atoms with Crippen LogP contribution in [0.1, 0.15) is 37.6 Å². The van der Waals surface area contributed by atoms with Crippen molar-refractivity contribution in [1.29, 1.82) is 0 Å². The van der Waals surface area contributed by atoms with Gasteiger partial charge in [-0.15, -0.1) is 0 Å². The topological polar surface area (TPSA) is 4.93 Å². The summed E-state index contributed by atoms with van der Waals surface area (Å²) in [6.07, 6.45) is 8.18. The minimum atomic E-state index is 1.19. The van der Waals surface area contributed by atoms with E-state index in [1.54, 1.807) is 0 Å². The fraction of sp³-hybridized carbons (Fsp3) is 0.385. The van der Waals surface area contributed by atoms with Gasteiger partial charge in [-0.3, -0.25) is 0 Å². The molecule has 0 aromatic carbocycles. The number of rotatable bonds is 2. The van der Waals surface area contributed by atoms with Crippen molar-refractivity contribution in [2.24, 2.45) is 7.05 Å². The van der Waals surface area contributed by atoms with Gasteiger partial charge in [-0.2, -0.15) is 0 Å². The Labute approximate surface area is 87.8 Å². The average molecular weight is 191 g/mol. The van der Waals surface area contributed by atoms with Gasteiger partial charge in [0.1, 0.15) is 0 Å². The summed E-state index contributed by atoms with van der Waals surface area (Å²) in [4.78, 5) is 0. The Morgan fingerprint density at radius 2 is 1.93 bits per heavy atom. The third-order valence-corrected chi connectivity index (χ3v) is 1.99. The zero-order chi connectivity index (χ0) is 11.1. The third-order valence-electron chi connectivity index (χ3n) is 1.99. The van der Waals surface area contributed by atoms with Crippen molar-refractivity contribution in [1.82, 2.24) is 4.57 Å². The lowest BCUT2D eigenvalue weighted by Gasteiger charge is -1.97. The molecule has 0 atom stereocenters. The summed E-state index contributed by atoms with van der Waals surface area (Å²) in [5.74, 6) is 0. The molecule has 1 rings (SSSR count). The van der Waals surface area contributed by atoms with Gasteiger partial charge >= 0.3 is 0 Å². The largest absolute Gasteiger partial charge is 0.350 e. The first-order valence-electron chi connectivity index (χ1n) is 5.11. The summed E-state index contributed by atoms with van der Waals surface area (Å²) in [5.41, 5.74) is 3.76. The van der Waals surface area contributed by atoms with Crippen molar-refractivity contribution >= 4 is 12.2 Å². The molecule has 0 saturated carbocycles. The predicted molar refractivity (Wildman–Crippen MR) is 66.3 cm³/mol. The summed E-state index contributed by atoms with van der Waals surface area (Å²) in [6.45, 7) is 11.9. The fourth-order valence-electron chi connectivity index (χ4n) is 1.46. The lowest BCUT2D eigenvalue weighted by Crippen LogP contribution is -1.88. The number of aromatic nitrogens is 1. The summed E-state index contributed by atoms with van der Waals surface area (Å²) in [7, 11) is 2.04. The highest BCUT2D eigenvalue weighted by atomic mass is 14.9. The van der Waals surface area contributed by atoms with Crippen molar-refractivity contribution in [3.05, 3.63) is 35.7 Å². The van der Waals surface area contributed by atoms with Crippen LogP contribution in [0.15, 0.2) is 18.9 Å². The Morgan fingerprint density at radius 3 is 2.36 bits per heavy atom. The van der Waals surface area contributed by atoms with Gasteiger partial charge in [0.2, 0.25) is 0 Å². The lowest BCUT2D eigenvalue weighted by atomic mass is 10.1. The highest BCUT2D eigenvalue weighted by molar-refractivity contribution is 5.65. The molecule has 0 aliphatic rings. The standard InChI is InChI=1S/C11H15N.C2H6/c1-5-7-10-9(3)8-12(4)11(10)6-2;1-2/h5-8H,2H2,1,3-4H3;1-2H3/b7-5-;. The van der Waals surface area contributed by atoms with Gasteiger partial charge in [0.15, 0.2) is 0 Å². The van der Waals surface area contributed by atoms with E-state index in [0.29, 0.717) is 0 Å². The second-order valence-corrected chi connectivity index (χ2v) is 2.93. The Bertz CT molecular complexity index is 316. The molecular weight excluding hydrogens is 170 g/mol. The van der Waals surface area contributed by atoms with E-state index >= 15 is 0 Å². The molecule has 14 heavy (non-hydrogen) atoms. The van der Waals surface area contributed by atoms with Crippen LogP contribution in [0.4, 0.5) is 0 Å². The summed E-state index contributed by atoms with van der Waals surface area (Å²) < 4.78 is 2.09. The zero-order valence-electron chi connectivity index (χ0n) is 9.96. The van der Waals surface area contributed by atoms with Crippen molar-refractivity contribution in [3.63, 3.8) is 0 Å². The number of aryl methyl sites for hydroxylation is 2.